The van der Waals surface area contributed by atoms with E-state index in [1.807, 2.05) is 0 Å². The summed E-state index contributed by atoms with van der Waals surface area (Å²) in [5, 5.41) is 0. The Morgan fingerprint density at radius 2 is 0.796 bits per heavy atom. The molecule has 0 heterocycles. The Hall–Kier alpha value is -0.990. The lowest BCUT2D eigenvalue weighted by Gasteiger charge is -2.19. The molecular formula is C44H88NO8P. The highest BCUT2D eigenvalue weighted by atomic mass is 31.2. The van der Waals surface area contributed by atoms with Crippen molar-refractivity contribution < 1.29 is 37.6 Å². The van der Waals surface area contributed by atoms with Crippen molar-refractivity contribution in [3.05, 3.63) is 0 Å². The summed E-state index contributed by atoms with van der Waals surface area (Å²) in [5.74, 6) is -0.810. The molecule has 54 heavy (non-hydrogen) atoms. The number of carbonyl (C=O) groups excluding carboxylic acids is 2. The van der Waals surface area contributed by atoms with Gasteiger partial charge in [-0.3, -0.25) is 18.6 Å². The van der Waals surface area contributed by atoms with Gasteiger partial charge in [0.15, 0.2) is 6.10 Å². The molecule has 2 atom stereocenters. The zero-order valence-corrected chi connectivity index (χ0v) is 36.4. The quantitative estimate of drug-likeness (QED) is 0.0351. The van der Waals surface area contributed by atoms with Crippen LogP contribution in [0, 0.1) is 0 Å². The molecule has 0 rings (SSSR count). The maximum absolute atomic E-state index is 12.6. The molecule has 1 unspecified atom stereocenters. The molecule has 0 aliphatic heterocycles. The van der Waals surface area contributed by atoms with E-state index in [0.29, 0.717) is 6.42 Å². The number of rotatable bonds is 44. The van der Waals surface area contributed by atoms with E-state index < -0.39 is 26.5 Å². The summed E-state index contributed by atoms with van der Waals surface area (Å²) in [6.07, 6.45) is 41.3. The first-order chi connectivity index (χ1) is 26.3. The molecule has 9 nitrogen and oxygen atoms in total. The molecule has 0 aliphatic rings. The lowest BCUT2D eigenvalue weighted by Crippen LogP contribution is -2.29. The molecule has 0 aromatic carbocycles. The van der Waals surface area contributed by atoms with Crippen LogP contribution in [-0.2, 0) is 32.7 Å². The number of ether oxygens (including phenoxy) is 2. The molecular weight excluding hydrogens is 701 g/mol. The molecule has 0 saturated heterocycles. The third-order valence-corrected chi connectivity index (χ3v) is 11.2. The monoisotopic (exact) mass is 790 g/mol. The fourth-order valence-corrected chi connectivity index (χ4v) is 7.58. The maximum Gasteiger partial charge on any atom is 0.472 e. The highest BCUT2D eigenvalue weighted by Gasteiger charge is 2.26. The molecule has 322 valence electrons. The predicted octanol–water partition coefficient (Wildman–Crippen LogP) is 13.2. The Balaban J connectivity index is 4.06. The minimum Gasteiger partial charge on any atom is -0.462 e. The summed E-state index contributed by atoms with van der Waals surface area (Å²) in [7, 11) is -4.37. The third kappa shape index (κ3) is 40.7. The van der Waals surface area contributed by atoms with Crippen LogP contribution < -0.4 is 5.73 Å². The molecule has 0 amide bonds. The molecule has 0 bridgehead atoms. The minimum absolute atomic E-state index is 0.0582. The lowest BCUT2D eigenvalue weighted by atomic mass is 10.0. The number of hydrogen-bond acceptors (Lipinski definition) is 8. The second-order valence-electron chi connectivity index (χ2n) is 15.6. The zero-order chi connectivity index (χ0) is 39.6. The SMILES string of the molecule is CCCCCCCCCCCCCCCCCCCCC(=O)O[C@H](COC(=O)CCCCCCCCCCCCCCCCC)COP(=O)(O)OCCN. The van der Waals surface area contributed by atoms with Crippen LogP contribution in [0.1, 0.15) is 239 Å². The molecule has 0 saturated carbocycles. The first kappa shape index (κ1) is 53.0. The molecule has 0 aliphatic carbocycles. The van der Waals surface area contributed by atoms with Gasteiger partial charge in [-0.25, -0.2) is 4.57 Å². The van der Waals surface area contributed by atoms with E-state index in [0.717, 1.165) is 32.1 Å². The topological polar surface area (TPSA) is 134 Å². The molecule has 0 aromatic heterocycles. The Labute approximate surface area is 333 Å². The number of esters is 2. The van der Waals surface area contributed by atoms with E-state index in [-0.39, 0.29) is 38.6 Å². The summed E-state index contributed by atoms with van der Waals surface area (Å²) in [6, 6.07) is 0. The van der Waals surface area contributed by atoms with E-state index in [9.17, 15) is 19.0 Å². The van der Waals surface area contributed by atoms with Gasteiger partial charge >= 0.3 is 19.8 Å². The summed E-state index contributed by atoms with van der Waals surface area (Å²) in [5.41, 5.74) is 5.35. The number of carbonyl (C=O) groups is 2. The van der Waals surface area contributed by atoms with Crippen LogP contribution in [0.5, 0.6) is 0 Å². The number of phosphoric acid groups is 1. The summed E-state index contributed by atoms with van der Waals surface area (Å²) in [4.78, 5) is 34.9. The molecule has 0 fully saturated rings. The average molecular weight is 790 g/mol. The van der Waals surface area contributed by atoms with Gasteiger partial charge in [-0.15, -0.1) is 0 Å². The van der Waals surface area contributed by atoms with Gasteiger partial charge < -0.3 is 20.1 Å². The van der Waals surface area contributed by atoms with E-state index in [4.69, 9.17) is 24.3 Å². The fraction of sp³-hybridized carbons (Fsp3) is 0.955. The minimum atomic E-state index is -4.37. The molecule has 0 aromatic rings. The van der Waals surface area contributed by atoms with Gasteiger partial charge in [0.25, 0.3) is 0 Å². The third-order valence-electron chi connectivity index (χ3n) is 10.2. The molecule has 3 N–H and O–H groups in total. The van der Waals surface area contributed by atoms with Crippen LogP contribution in [0.4, 0.5) is 0 Å². The van der Waals surface area contributed by atoms with Crippen LogP contribution >= 0.6 is 7.82 Å². The molecule has 0 radical (unpaired) electrons. The molecule has 0 spiro atoms. The van der Waals surface area contributed by atoms with Gasteiger partial charge in [-0.2, -0.15) is 0 Å². The average Bonchev–Trinajstić information content (AvgIpc) is 3.16. The number of nitrogens with two attached hydrogens (primary N) is 1. The van der Waals surface area contributed by atoms with Crippen LogP contribution in [0.3, 0.4) is 0 Å². The standard InChI is InChI=1S/C44H88NO8P/c1-3-5-7-9-11-13-15-17-19-20-21-23-25-27-29-31-33-35-37-44(47)53-42(41-52-54(48,49)51-39-38-45)40-50-43(46)36-34-32-30-28-26-24-22-18-16-14-12-10-8-6-4-2/h42H,3-41,45H2,1-2H3,(H,48,49)/t42-/m1/s1. The Bertz CT molecular complexity index is 860. The Kier molecular flexibility index (Phi) is 40.9. The number of phosphoric ester groups is 1. The Morgan fingerprint density at radius 3 is 1.13 bits per heavy atom. The molecule has 10 heteroatoms. The van der Waals surface area contributed by atoms with Gasteiger partial charge in [0.2, 0.25) is 0 Å². The normalized spacial score (nSPS) is 13.2. The smallest absolute Gasteiger partial charge is 0.462 e. The van der Waals surface area contributed by atoms with Crippen molar-refractivity contribution in [2.45, 2.75) is 245 Å². The second-order valence-corrected chi connectivity index (χ2v) is 17.1. The first-order valence-corrected chi connectivity index (χ1v) is 24.5. The summed E-state index contributed by atoms with van der Waals surface area (Å²) in [6.45, 7) is 3.78. The maximum atomic E-state index is 12.6. The second kappa shape index (κ2) is 41.6. The summed E-state index contributed by atoms with van der Waals surface area (Å²) >= 11 is 0. The van der Waals surface area contributed by atoms with Crippen molar-refractivity contribution in [2.75, 3.05) is 26.4 Å². The highest BCUT2D eigenvalue weighted by molar-refractivity contribution is 7.47. The van der Waals surface area contributed by atoms with E-state index in [2.05, 4.69) is 13.8 Å². The van der Waals surface area contributed by atoms with E-state index in [1.165, 1.54) is 173 Å². The van der Waals surface area contributed by atoms with Crippen LogP contribution in [0.15, 0.2) is 0 Å². The lowest BCUT2D eigenvalue weighted by molar-refractivity contribution is -0.161. The first-order valence-electron chi connectivity index (χ1n) is 23.0. The van der Waals surface area contributed by atoms with Gasteiger partial charge in [0.05, 0.1) is 13.2 Å². The summed E-state index contributed by atoms with van der Waals surface area (Å²) < 4.78 is 32.8. The van der Waals surface area contributed by atoms with E-state index in [1.54, 1.807) is 0 Å². The van der Waals surface area contributed by atoms with Crippen LogP contribution in [0.25, 0.3) is 0 Å². The fourth-order valence-electron chi connectivity index (χ4n) is 6.81. The largest absolute Gasteiger partial charge is 0.472 e. The van der Waals surface area contributed by atoms with Crippen LogP contribution in [0.2, 0.25) is 0 Å². The van der Waals surface area contributed by atoms with Crippen molar-refractivity contribution in [2.24, 2.45) is 5.73 Å². The van der Waals surface area contributed by atoms with E-state index >= 15 is 0 Å². The van der Waals surface area contributed by atoms with Gasteiger partial charge in [0.1, 0.15) is 6.61 Å². The van der Waals surface area contributed by atoms with Crippen molar-refractivity contribution in [3.8, 4) is 0 Å². The number of unbranched alkanes of at least 4 members (excludes halogenated alkanes) is 31. The van der Waals surface area contributed by atoms with Crippen molar-refractivity contribution in [1.29, 1.82) is 0 Å². The zero-order valence-electron chi connectivity index (χ0n) is 35.5. The highest BCUT2D eigenvalue weighted by Crippen LogP contribution is 2.43. The van der Waals surface area contributed by atoms with Crippen molar-refractivity contribution in [3.63, 3.8) is 0 Å². The van der Waals surface area contributed by atoms with Crippen molar-refractivity contribution in [1.82, 2.24) is 0 Å². The van der Waals surface area contributed by atoms with Gasteiger partial charge in [-0.05, 0) is 12.8 Å². The van der Waals surface area contributed by atoms with Crippen LogP contribution in [-0.4, -0.2) is 49.3 Å². The number of hydrogen-bond donors (Lipinski definition) is 2. The van der Waals surface area contributed by atoms with Gasteiger partial charge in [-0.1, -0.05) is 213 Å². The predicted molar refractivity (Wildman–Crippen MR) is 225 cm³/mol. The Morgan fingerprint density at radius 1 is 0.481 bits per heavy atom. The van der Waals surface area contributed by atoms with Crippen molar-refractivity contribution >= 4 is 19.8 Å². The van der Waals surface area contributed by atoms with Gasteiger partial charge in [0, 0.05) is 19.4 Å².